The van der Waals surface area contributed by atoms with Gasteiger partial charge in [-0.1, -0.05) is 6.07 Å². The summed E-state index contributed by atoms with van der Waals surface area (Å²) < 4.78 is 32.3. The highest BCUT2D eigenvalue weighted by Gasteiger charge is 2.44. The number of halogens is 2. The molecule has 1 saturated heterocycles. The fourth-order valence-corrected chi connectivity index (χ4v) is 2.02. The minimum atomic E-state index is -1.58. The van der Waals surface area contributed by atoms with Crippen molar-refractivity contribution < 1.29 is 28.2 Å². The van der Waals surface area contributed by atoms with Crippen LogP contribution in [0.2, 0.25) is 0 Å². The maximum Gasteiger partial charge on any atom is 0.332 e. The summed E-state index contributed by atoms with van der Waals surface area (Å²) in [7, 11) is 0. The molecule has 1 fully saturated rings. The lowest BCUT2D eigenvalue weighted by atomic mass is 9.99. The van der Waals surface area contributed by atoms with E-state index in [4.69, 9.17) is 9.84 Å². The van der Waals surface area contributed by atoms with Crippen molar-refractivity contribution in [3.63, 3.8) is 0 Å². The van der Waals surface area contributed by atoms with E-state index >= 15 is 0 Å². The van der Waals surface area contributed by atoms with Crippen LogP contribution in [0.4, 0.5) is 19.3 Å². The number of anilines is 1. The summed E-state index contributed by atoms with van der Waals surface area (Å²) >= 11 is 0. The Labute approximate surface area is 119 Å². The predicted molar refractivity (Wildman–Crippen MR) is 69.1 cm³/mol. The van der Waals surface area contributed by atoms with Crippen molar-refractivity contribution in [2.45, 2.75) is 18.9 Å². The third kappa shape index (κ3) is 2.94. The van der Waals surface area contributed by atoms with Crippen molar-refractivity contribution in [2.24, 2.45) is 0 Å². The number of carbonyl (C=O) groups excluding carboxylic acids is 1. The third-order valence-corrected chi connectivity index (χ3v) is 3.31. The maximum absolute atomic E-state index is 13.8. The number of nitrogens with one attached hydrogen (secondary N) is 2. The molecule has 0 bridgehead atoms. The number of amides is 2. The van der Waals surface area contributed by atoms with Crippen LogP contribution < -0.4 is 10.6 Å². The molecule has 2 rings (SSSR count). The number of hydrogen-bond donors (Lipinski definition) is 3. The van der Waals surface area contributed by atoms with E-state index in [1.54, 1.807) is 0 Å². The largest absolute Gasteiger partial charge is 0.479 e. The van der Waals surface area contributed by atoms with E-state index in [9.17, 15) is 18.4 Å². The Morgan fingerprint density at radius 1 is 1.38 bits per heavy atom. The minimum absolute atomic E-state index is 0.0779. The molecule has 1 aliphatic heterocycles. The second-order valence-electron chi connectivity index (χ2n) is 4.82. The summed E-state index contributed by atoms with van der Waals surface area (Å²) in [6, 6.07) is 1.24. The van der Waals surface area contributed by atoms with Gasteiger partial charge in [0.1, 0.15) is 11.5 Å². The Kier molecular flexibility index (Phi) is 4.08. The molecule has 8 heteroatoms. The van der Waals surface area contributed by atoms with E-state index in [0.29, 0.717) is 0 Å². The van der Waals surface area contributed by atoms with Gasteiger partial charge in [0.2, 0.25) is 0 Å². The highest BCUT2D eigenvalue weighted by Crippen LogP contribution is 2.23. The summed E-state index contributed by atoms with van der Waals surface area (Å²) in [5.74, 6) is -3.11. The van der Waals surface area contributed by atoms with Crippen LogP contribution in [-0.2, 0) is 9.53 Å². The molecule has 1 atom stereocenters. The summed E-state index contributed by atoms with van der Waals surface area (Å²) in [6.07, 6.45) is 0.0779. The van der Waals surface area contributed by atoms with Crippen LogP contribution in [0.25, 0.3) is 0 Å². The van der Waals surface area contributed by atoms with Gasteiger partial charge < -0.3 is 20.5 Å². The predicted octanol–water partition coefficient (Wildman–Crippen LogP) is 1.64. The Morgan fingerprint density at radius 3 is 2.67 bits per heavy atom. The number of rotatable bonds is 3. The van der Waals surface area contributed by atoms with Gasteiger partial charge >= 0.3 is 12.0 Å². The van der Waals surface area contributed by atoms with E-state index in [-0.39, 0.29) is 25.2 Å². The van der Waals surface area contributed by atoms with Gasteiger partial charge in [-0.15, -0.1) is 0 Å². The third-order valence-electron chi connectivity index (χ3n) is 3.31. The molecule has 1 aromatic rings. The number of aliphatic carboxylic acids is 1. The van der Waals surface area contributed by atoms with E-state index in [2.05, 4.69) is 5.32 Å². The summed E-state index contributed by atoms with van der Waals surface area (Å²) in [4.78, 5) is 23.0. The van der Waals surface area contributed by atoms with Crippen LogP contribution in [-0.4, -0.2) is 35.9 Å². The fraction of sp³-hybridized carbons (Fsp3) is 0.385. The van der Waals surface area contributed by atoms with Gasteiger partial charge in [-0.2, -0.15) is 0 Å². The molecule has 21 heavy (non-hydrogen) atoms. The Morgan fingerprint density at radius 2 is 2.10 bits per heavy atom. The molecule has 3 N–H and O–H groups in total. The highest BCUT2D eigenvalue weighted by atomic mass is 19.1. The molecular formula is C13H14F2N2O4. The van der Waals surface area contributed by atoms with Gasteiger partial charge in [-0.3, -0.25) is 0 Å². The van der Waals surface area contributed by atoms with E-state index in [1.165, 1.54) is 13.0 Å². The molecule has 6 nitrogen and oxygen atoms in total. The Hall–Kier alpha value is -2.22. The number of hydrogen-bond acceptors (Lipinski definition) is 3. The smallest absolute Gasteiger partial charge is 0.332 e. The quantitative estimate of drug-likeness (QED) is 0.792. The van der Waals surface area contributed by atoms with Gasteiger partial charge in [0.25, 0.3) is 0 Å². The number of urea groups is 1. The van der Waals surface area contributed by atoms with Crippen molar-refractivity contribution in [1.82, 2.24) is 5.32 Å². The first kappa shape index (κ1) is 15.2. The lowest BCUT2D eigenvalue weighted by Crippen LogP contribution is -2.56. The van der Waals surface area contributed by atoms with Crippen molar-refractivity contribution in [3.8, 4) is 0 Å². The topological polar surface area (TPSA) is 87.7 Å². The molecule has 0 aliphatic carbocycles. The normalized spacial score (nSPS) is 21.1. The number of carbonyl (C=O) groups is 2. The molecule has 114 valence electrons. The average molecular weight is 300 g/mol. The molecule has 0 spiro atoms. The summed E-state index contributed by atoms with van der Waals surface area (Å²) in [5, 5.41) is 13.4. The number of ether oxygens (including phenoxy) is 1. The maximum atomic E-state index is 13.8. The number of benzene rings is 1. The molecule has 1 unspecified atom stereocenters. The SMILES string of the molecule is Cc1ccc(F)c(NC(=O)NC2(C(=O)O)CCOC2)c1F. The van der Waals surface area contributed by atoms with Crippen LogP contribution in [0, 0.1) is 18.6 Å². The molecule has 1 aromatic carbocycles. The van der Waals surface area contributed by atoms with Crippen LogP contribution >= 0.6 is 0 Å². The average Bonchev–Trinajstić information content (AvgIpc) is 2.89. The van der Waals surface area contributed by atoms with Crippen LogP contribution in [0.1, 0.15) is 12.0 Å². The van der Waals surface area contributed by atoms with E-state index in [0.717, 1.165) is 6.07 Å². The molecular weight excluding hydrogens is 286 g/mol. The first-order valence-electron chi connectivity index (χ1n) is 6.20. The fourth-order valence-electron chi connectivity index (χ4n) is 2.02. The van der Waals surface area contributed by atoms with Crippen LogP contribution in [0.15, 0.2) is 12.1 Å². The van der Waals surface area contributed by atoms with Gasteiger partial charge in [0.15, 0.2) is 11.4 Å². The zero-order chi connectivity index (χ0) is 15.6. The van der Waals surface area contributed by atoms with E-state index < -0.39 is 34.9 Å². The van der Waals surface area contributed by atoms with Crippen LogP contribution in [0.5, 0.6) is 0 Å². The monoisotopic (exact) mass is 300 g/mol. The number of carboxylic acid groups (broad SMARTS) is 1. The lowest BCUT2D eigenvalue weighted by Gasteiger charge is -2.24. The summed E-state index contributed by atoms with van der Waals surface area (Å²) in [6.45, 7) is 1.40. The minimum Gasteiger partial charge on any atom is -0.479 e. The van der Waals surface area contributed by atoms with Crippen molar-refractivity contribution in [2.75, 3.05) is 18.5 Å². The Balaban J connectivity index is 2.16. The lowest BCUT2D eigenvalue weighted by molar-refractivity contribution is -0.144. The summed E-state index contributed by atoms with van der Waals surface area (Å²) in [5.41, 5.74) is -2.04. The van der Waals surface area contributed by atoms with Crippen molar-refractivity contribution in [1.29, 1.82) is 0 Å². The zero-order valence-electron chi connectivity index (χ0n) is 11.2. The number of carboxylic acids is 1. The van der Waals surface area contributed by atoms with Gasteiger partial charge in [-0.25, -0.2) is 18.4 Å². The Bertz CT molecular complexity index is 586. The van der Waals surface area contributed by atoms with Gasteiger partial charge in [0, 0.05) is 13.0 Å². The van der Waals surface area contributed by atoms with Gasteiger partial charge in [0.05, 0.1) is 6.61 Å². The zero-order valence-corrected chi connectivity index (χ0v) is 11.2. The van der Waals surface area contributed by atoms with Crippen molar-refractivity contribution in [3.05, 3.63) is 29.3 Å². The van der Waals surface area contributed by atoms with E-state index in [1.807, 2.05) is 5.32 Å². The molecule has 1 heterocycles. The molecule has 0 saturated carbocycles. The molecule has 2 amide bonds. The van der Waals surface area contributed by atoms with Crippen molar-refractivity contribution >= 4 is 17.7 Å². The second kappa shape index (κ2) is 5.65. The van der Waals surface area contributed by atoms with Crippen LogP contribution in [0.3, 0.4) is 0 Å². The molecule has 0 radical (unpaired) electrons. The van der Waals surface area contributed by atoms with Gasteiger partial charge in [-0.05, 0) is 18.6 Å². The molecule has 1 aliphatic rings. The molecule has 0 aromatic heterocycles. The first-order chi connectivity index (χ1) is 9.85. The standard InChI is InChI=1S/C13H14F2N2O4/c1-7-2-3-8(14)10(9(7)15)16-12(20)17-13(11(18)19)4-5-21-6-13/h2-3H,4-6H2,1H3,(H,18,19)(H2,16,17,20). The number of aryl methyl sites for hydroxylation is 1. The highest BCUT2D eigenvalue weighted by molar-refractivity contribution is 5.94. The first-order valence-corrected chi connectivity index (χ1v) is 6.20. The second-order valence-corrected chi connectivity index (χ2v) is 4.82.